The van der Waals surface area contributed by atoms with Gasteiger partial charge in [-0.2, -0.15) is 13.8 Å². The molecule has 25 heavy (non-hydrogen) atoms. The van der Waals surface area contributed by atoms with Gasteiger partial charge in [0.1, 0.15) is 11.0 Å². The van der Waals surface area contributed by atoms with Gasteiger partial charge < -0.3 is 4.90 Å². The molecule has 1 aliphatic rings. The topological polar surface area (TPSA) is 76.3 Å². The number of aryl methyl sites for hydroxylation is 1. The molecule has 0 atom stereocenters. The van der Waals surface area contributed by atoms with Crippen molar-refractivity contribution in [2.75, 3.05) is 6.54 Å². The Balaban J connectivity index is 1.48. The van der Waals surface area contributed by atoms with Gasteiger partial charge in [-0.3, -0.25) is 4.79 Å². The first kappa shape index (κ1) is 14.5. The SMILES string of the molecule is Cc1cc2ncc3c(n2n1)CCN(C(=O)c1ccc2nsnc2c1)C3. The molecule has 0 unspecified atom stereocenters. The number of carbonyl (C=O) groups excluding carboxylic acids is 1. The fourth-order valence-electron chi connectivity index (χ4n) is 3.33. The lowest BCUT2D eigenvalue weighted by Crippen LogP contribution is -2.37. The van der Waals surface area contributed by atoms with E-state index in [9.17, 15) is 4.79 Å². The van der Waals surface area contributed by atoms with E-state index in [-0.39, 0.29) is 5.91 Å². The first-order chi connectivity index (χ1) is 12.2. The molecule has 0 radical (unpaired) electrons. The summed E-state index contributed by atoms with van der Waals surface area (Å²) in [6.07, 6.45) is 2.63. The van der Waals surface area contributed by atoms with Gasteiger partial charge in [-0.1, -0.05) is 0 Å². The second-order valence-electron chi connectivity index (χ2n) is 6.23. The van der Waals surface area contributed by atoms with Gasteiger partial charge in [0.25, 0.3) is 5.91 Å². The minimum atomic E-state index is 0.0114. The van der Waals surface area contributed by atoms with Crippen molar-refractivity contribution in [3.05, 3.63) is 53.0 Å². The molecular weight excluding hydrogens is 336 g/mol. The first-order valence-corrected chi connectivity index (χ1v) is 8.77. The van der Waals surface area contributed by atoms with Gasteiger partial charge >= 0.3 is 0 Å². The van der Waals surface area contributed by atoms with Crippen molar-refractivity contribution in [2.45, 2.75) is 19.9 Å². The molecule has 8 heteroatoms. The number of carbonyl (C=O) groups is 1. The largest absolute Gasteiger partial charge is 0.334 e. The Morgan fingerprint density at radius 1 is 1.20 bits per heavy atom. The molecule has 0 bridgehead atoms. The molecular formula is C17H14N6OS. The molecule has 1 amide bonds. The predicted octanol–water partition coefficient (Wildman–Crippen LogP) is 2.24. The molecule has 0 saturated carbocycles. The molecule has 0 spiro atoms. The highest BCUT2D eigenvalue weighted by Crippen LogP contribution is 2.22. The van der Waals surface area contributed by atoms with E-state index in [0.717, 1.165) is 51.8 Å². The Bertz CT molecular complexity index is 1130. The van der Waals surface area contributed by atoms with Crippen molar-refractivity contribution in [3.8, 4) is 0 Å². The summed E-state index contributed by atoms with van der Waals surface area (Å²) in [5.74, 6) is 0.0114. The van der Waals surface area contributed by atoms with Crippen LogP contribution in [0.2, 0.25) is 0 Å². The van der Waals surface area contributed by atoms with Crippen LogP contribution in [0.4, 0.5) is 0 Å². The standard InChI is InChI=1S/C17H14N6OS/c1-10-6-16-18-8-12-9-22(5-4-15(12)23(16)19-10)17(24)11-2-3-13-14(7-11)21-25-20-13/h2-3,6-8H,4-5,9H2,1H3. The van der Waals surface area contributed by atoms with Crippen molar-refractivity contribution >= 4 is 34.3 Å². The van der Waals surface area contributed by atoms with Crippen LogP contribution >= 0.6 is 11.7 Å². The number of nitrogens with zero attached hydrogens (tertiary/aromatic N) is 6. The average molecular weight is 350 g/mol. The van der Waals surface area contributed by atoms with Gasteiger partial charge in [-0.15, -0.1) is 0 Å². The van der Waals surface area contributed by atoms with Crippen molar-refractivity contribution < 1.29 is 4.79 Å². The summed E-state index contributed by atoms with van der Waals surface area (Å²) in [5.41, 5.74) is 6.23. The van der Waals surface area contributed by atoms with Crippen LogP contribution in [0.5, 0.6) is 0 Å². The second-order valence-corrected chi connectivity index (χ2v) is 6.76. The number of hydrogen-bond donors (Lipinski definition) is 0. The van der Waals surface area contributed by atoms with Gasteiger partial charge in [-0.25, -0.2) is 9.50 Å². The van der Waals surface area contributed by atoms with E-state index in [0.29, 0.717) is 18.7 Å². The highest BCUT2D eigenvalue weighted by Gasteiger charge is 2.24. The Hall–Kier alpha value is -2.87. The Kier molecular flexibility index (Phi) is 3.08. The van der Waals surface area contributed by atoms with Gasteiger partial charge in [0.2, 0.25) is 0 Å². The fourth-order valence-corrected chi connectivity index (χ4v) is 3.84. The summed E-state index contributed by atoms with van der Waals surface area (Å²) in [5, 5.41) is 4.52. The van der Waals surface area contributed by atoms with E-state index >= 15 is 0 Å². The smallest absolute Gasteiger partial charge is 0.254 e. The second kappa shape index (κ2) is 5.32. The molecule has 0 N–H and O–H groups in total. The summed E-state index contributed by atoms with van der Waals surface area (Å²) < 4.78 is 10.3. The van der Waals surface area contributed by atoms with Crippen molar-refractivity contribution in [2.24, 2.45) is 0 Å². The normalized spacial score (nSPS) is 14.2. The molecule has 0 saturated heterocycles. The van der Waals surface area contributed by atoms with Gasteiger partial charge in [-0.05, 0) is 25.1 Å². The van der Waals surface area contributed by atoms with E-state index < -0.39 is 0 Å². The first-order valence-electron chi connectivity index (χ1n) is 8.04. The van der Waals surface area contributed by atoms with Crippen LogP contribution in [-0.2, 0) is 13.0 Å². The molecule has 1 aliphatic heterocycles. The fraction of sp³-hybridized carbons (Fsp3) is 0.235. The number of benzene rings is 1. The number of amides is 1. The van der Waals surface area contributed by atoms with E-state index in [1.165, 1.54) is 0 Å². The minimum Gasteiger partial charge on any atom is -0.334 e. The predicted molar refractivity (Wildman–Crippen MR) is 93.6 cm³/mol. The van der Waals surface area contributed by atoms with E-state index in [4.69, 9.17) is 0 Å². The maximum absolute atomic E-state index is 12.9. The molecule has 0 fully saturated rings. The Morgan fingerprint density at radius 2 is 2.08 bits per heavy atom. The highest BCUT2D eigenvalue weighted by molar-refractivity contribution is 7.00. The molecule has 4 aromatic rings. The highest BCUT2D eigenvalue weighted by atomic mass is 32.1. The molecule has 3 aromatic heterocycles. The zero-order valence-electron chi connectivity index (χ0n) is 13.5. The maximum Gasteiger partial charge on any atom is 0.254 e. The number of rotatable bonds is 1. The van der Waals surface area contributed by atoms with E-state index in [1.807, 2.05) is 46.8 Å². The van der Waals surface area contributed by atoms with Gasteiger partial charge in [0, 0.05) is 42.9 Å². The van der Waals surface area contributed by atoms with Crippen molar-refractivity contribution in [3.63, 3.8) is 0 Å². The minimum absolute atomic E-state index is 0.0114. The molecule has 7 nitrogen and oxygen atoms in total. The Morgan fingerprint density at radius 3 is 3.00 bits per heavy atom. The van der Waals surface area contributed by atoms with E-state index in [2.05, 4.69) is 18.8 Å². The van der Waals surface area contributed by atoms with Gasteiger partial charge in [0.15, 0.2) is 5.65 Å². The van der Waals surface area contributed by atoms with Crippen LogP contribution in [0, 0.1) is 6.92 Å². The lowest BCUT2D eigenvalue weighted by atomic mass is 10.1. The molecule has 0 aliphatic carbocycles. The quantitative estimate of drug-likeness (QED) is 0.526. The summed E-state index contributed by atoms with van der Waals surface area (Å²) >= 11 is 1.16. The summed E-state index contributed by atoms with van der Waals surface area (Å²) in [4.78, 5) is 19.2. The zero-order valence-corrected chi connectivity index (χ0v) is 14.3. The molecule has 4 heterocycles. The summed E-state index contributed by atoms with van der Waals surface area (Å²) in [7, 11) is 0. The van der Waals surface area contributed by atoms with Crippen LogP contribution in [-0.4, -0.2) is 40.7 Å². The lowest BCUT2D eigenvalue weighted by Gasteiger charge is -2.28. The summed E-state index contributed by atoms with van der Waals surface area (Å²) in [6, 6.07) is 7.45. The molecule has 124 valence electrons. The van der Waals surface area contributed by atoms with Crippen LogP contribution in [0.15, 0.2) is 30.5 Å². The molecule has 5 rings (SSSR count). The van der Waals surface area contributed by atoms with Crippen LogP contribution in [0.3, 0.4) is 0 Å². The molecule has 1 aromatic carbocycles. The van der Waals surface area contributed by atoms with Crippen LogP contribution < -0.4 is 0 Å². The van der Waals surface area contributed by atoms with E-state index in [1.54, 1.807) is 0 Å². The van der Waals surface area contributed by atoms with Gasteiger partial charge in [0.05, 0.1) is 23.1 Å². The number of aromatic nitrogens is 5. The lowest BCUT2D eigenvalue weighted by molar-refractivity contribution is 0.0732. The Labute approximate surface area is 147 Å². The van der Waals surface area contributed by atoms with Crippen molar-refractivity contribution in [1.82, 2.24) is 28.2 Å². The monoisotopic (exact) mass is 350 g/mol. The number of hydrogen-bond acceptors (Lipinski definition) is 6. The zero-order chi connectivity index (χ0) is 17.0. The summed E-state index contributed by atoms with van der Waals surface area (Å²) in [6.45, 7) is 3.17. The third kappa shape index (κ3) is 2.29. The third-order valence-corrected chi connectivity index (χ3v) is 5.12. The maximum atomic E-state index is 12.9. The number of fused-ring (bicyclic) bond motifs is 4. The van der Waals surface area contributed by atoms with Crippen LogP contribution in [0.1, 0.15) is 27.3 Å². The third-order valence-electron chi connectivity index (χ3n) is 4.56. The average Bonchev–Trinajstić information content (AvgIpc) is 3.25. The van der Waals surface area contributed by atoms with Crippen LogP contribution in [0.25, 0.3) is 16.7 Å². The van der Waals surface area contributed by atoms with Crippen molar-refractivity contribution in [1.29, 1.82) is 0 Å².